The van der Waals surface area contributed by atoms with E-state index in [2.05, 4.69) is 16.0 Å². The number of hydrogen-bond donors (Lipinski definition) is 2. The molecular weight excluding hydrogens is 326 g/mol. The molecule has 5 heteroatoms. The predicted octanol–water partition coefficient (Wildman–Crippen LogP) is 3.45. The number of aromatic nitrogens is 2. The Balaban J connectivity index is 1.81. The number of H-pyrrole nitrogens is 2. The zero-order valence-electron chi connectivity index (χ0n) is 13.5. The van der Waals surface area contributed by atoms with Gasteiger partial charge in [0.2, 0.25) is 10.9 Å². The highest BCUT2D eigenvalue weighted by Gasteiger charge is 2.27. The van der Waals surface area contributed by atoms with Crippen molar-refractivity contribution in [1.82, 2.24) is 9.97 Å². The van der Waals surface area contributed by atoms with Crippen LogP contribution in [0, 0.1) is 11.3 Å². The van der Waals surface area contributed by atoms with Gasteiger partial charge >= 0.3 is 0 Å². The minimum atomic E-state index is -0.492. The normalized spacial score (nSPS) is 11.3. The van der Waals surface area contributed by atoms with Crippen molar-refractivity contribution in [3.63, 3.8) is 0 Å². The summed E-state index contributed by atoms with van der Waals surface area (Å²) in [6.07, 6.45) is 3.49. The van der Waals surface area contributed by atoms with E-state index in [1.165, 1.54) is 0 Å². The highest BCUT2D eigenvalue weighted by molar-refractivity contribution is 6.06. The molecule has 0 aliphatic heterocycles. The van der Waals surface area contributed by atoms with Crippen LogP contribution in [0.1, 0.15) is 5.56 Å². The summed E-state index contributed by atoms with van der Waals surface area (Å²) in [6, 6.07) is 15.0. The number of aromatic amines is 2. The zero-order valence-corrected chi connectivity index (χ0v) is 13.5. The van der Waals surface area contributed by atoms with Crippen LogP contribution >= 0.6 is 0 Å². The second kappa shape index (κ2) is 5.04. The van der Waals surface area contributed by atoms with Crippen LogP contribution in [0.3, 0.4) is 0 Å². The van der Waals surface area contributed by atoms with Gasteiger partial charge in [-0.05, 0) is 24.3 Å². The average Bonchev–Trinajstić information content (AvgIpc) is 3.28. The molecule has 5 rings (SSSR count). The van der Waals surface area contributed by atoms with Gasteiger partial charge in [-0.1, -0.05) is 18.2 Å². The zero-order chi connectivity index (χ0) is 17.8. The van der Waals surface area contributed by atoms with Gasteiger partial charge in [-0.2, -0.15) is 5.26 Å². The number of benzene rings is 2. The molecule has 0 amide bonds. The Morgan fingerprint density at radius 2 is 1.38 bits per heavy atom. The molecule has 5 nitrogen and oxygen atoms in total. The van der Waals surface area contributed by atoms with Crippen LogP contribution in [0.5, 0.6) is 0 Å². The number of hydrogen-bond acceptors (Lipinski definition) is 3. The minimum Gasteiger partial charge on any atom is -0.361 e. The van der Waals surface area contributed by atoms with Gasteiger partial charge in [0, 0.05) is 56.5 Å². The highest BCUT2D eigenvalue weighted by atomic mass is 16.2. The summed E-state index contributed by atoms with van der Waals surface area (Å²) >= 11 is 0. The van der Waals surface area contributed by atoms with Crippen molar-refractivity contribution in [1.29, 1.82) is 5.26 Å². The van der Waals surface area contributed by atoms with Crippen molar-refractivity contribution in [2.24, 2.45) is 0 Å². The van der Waals surface area contributed by atoms with Gasteiger partial charge in [-0.25, -0.2) is 0 Å². The molecule has 0 aliphatic carbocycles. The standard InChI is InChI=1S/C21H11N3O2/c22-8-11-5-6-17-13(7-11)15(10-24-17)19-18(20(25)21(19)26)14-9-23-16-4-2-1-3-12(14)16/h1-7,9-10,23-24H. The number of nitrogens with zero attached hydrogens (tertiary/aromatic N) is 1. The fourth-order valence-corrected chi connectivity index (χ4v) is 3.58. The molecule has 2 N–H and O–H groups in total. The monoisotopic (exact) mass is 337 g/mol. The fraction of sp³-hybridized carbons (Fsp3) is 0. The Bertz CT molecular complexity index is 1440. The third-order valence-corrected chi connectivity index (χ3v) is 4.85. The summed E-state index contributed by atoms with van der Waals surface area (Å²) in [6.45, 7) is 0. The number of fused-ring (bicyclic) bond motifs is 2. The summed E-state index contributed by atoms with van der Waals surface area (Å²) in [5.74, 6) is 0. The quantitative estimate of drug-likeness (QED) is 0.483. The highest BCUT2D eigenvalue weighted by Crippen LogP contribution is 2.36. The second-order valence-electron chi connectivity index (χ2n) is 6.23. The molecule has 0 atom stereocenters. The minimum absolute atomic E-state index is 0.404. The van der Waals surface area contributed by atoms with E-state index < -0.39 is 10.9 Å². The lowest BCUT2D eigenvalue weighted by Crippen LogP contribution is -2.34. The van der Waals surface area contributed by atoms with Gasteiger partial charge in [0.05, 0.1) is 11.6 Å². The van der Waals surface area contributed by atoms with Crippen molar-refractivity contribution in [2.75, 3.05) is 0 Å². The van der Waals surface area contributed by atoms with E-state index in [-0.39, 0.29) is 0 Å². The average molecular weight is 337 g/mol. The fourth-order valence-electron chi connectivity index (χ4n) is 3.58. The Labute approximate surface area is 146 Å². The van der Waals surface area contributed by atoms with Crippen molar-refractivity contribution in [3.8, 4) is 28.3 Å². The maximum Gasteiger partial charge on any atom is 0.235 e. The molecule has 0 spiro atoms. The molecule has 122 valence electrons. The van der Waals surface area contributed by atoms with E-state index in [0.717, 1.165) is 27.4 Å². The molecule has 5 aromatic rings. The summed E-state index contributed by atoms with van der Waals surface area (Å²) in [5.41, 5.74) is 3.48. The first-order valence-electron chi connectivity index (χ1n) is 8.10. The molecule has 0 saturated heterocycles. The van der Waals surface area contributed by atoms with Gasteiger partial charge in [-0.3, -0.25) is 9.59 Å². The first kappa shape index (κ1) is 14.4. The topological polar surface area (TPSA) is 89.5 Å². The molecule has 0 fully saturated rings. The molecule has 2 heterocycles. The second-order valence-corrected chi connectivity index (χ2v) is 6.23. The Morgan fingerprint density at radius 3 is 2.08 bits per heavy atom. The van der Waals surface area contributed by atoms with Gasteiger partial charge in [0.25, 0.3) is 0 Å². The summed E-state index contributed by atoms with van der Waals surface area (Å²) < 4.78 is 0. The van der Waals surface area contributed by atoms with E-state index in [0.29, 0.717) is 22.3 Å². The molecule has 0 aliphatic rings. The first-order valence-corrected chi connectivity index (χ1v) is 8.10. The van der Waals surface area contributed by atoms with Crippen LogP contribution in [0.2, 0.25) is 0 Å². The van der Waals surface area contributed by atoms with Crippen molar-refractivity contribution in [3.05, 3.63) is 80.9 Å². The third kappa shape index (κ3) is 1.78. The van der Waals surface area contributed by atoms with E-state index in [4.69, 9.17) is 5.26 Å². The van der Waals surface area contributed by atoms with Gasteiger partial charge in [0.15, 0.2) is 0 Å². The number of nitriles is 1. The summed E-state index contributed by atoms with van der Waals surface area (Å²) in [4.78, 5) is 31.0. The number of para-hydroxylation sites is 1. The summed E-state index contributed by atoms with van der Waals surface area (Å²) in [5, 5.41) is 10.8. The van der Waals surface area contributed by atoms with Gasteiger partial charge in [-0.15, -0.1) is 0 Å². The molecular formula is C21H11N3O2. The van der Waals surface area contributed by atoms with E-state index in [9.17, 15) is 9.59 Å². The van der Waals surface area contributed by atoms with E-state index in [1.807, 2.05) is 24.3 Å². The van der Waals surface area contributed by atoms with Crippen LogP contribution in [0.15, 0.2) is 64.4 Å². The number of rotatable bonds is 2. The van der Waals surface area contributed by atoms with E-state index in [1.54, 1.807) is 30.6 Å². The van der Waals surface area contributed by atoms with E-state index >= 15 is 0 Å². The molecule has 0 radical (unpaired) electrons. The molecule has 3 aromatic carbocycles. The summed E-state index contributed by atoms with van der Waals surface area (Å²) in [7, 11) is 0. The molecule has 26 heavy (non-hydrogen) atoms. The van der Waals surface area contributed by atoms with Crippen molar-refractivity contribution >= 4 is 21.8 Å². The third-order valence-electron chi connectivity index (χ3n) is 4.85. The van der Waals surface area contributed by atoms with Crippen molar-refractivity contribution < 1.29 is 0 Å². The number of nitrogens with one attached hydrogen (secondary N) is 2. The molecule has 2 aromatic heterocycles. The maximum atomic E-state index is 12.4. The van der Waals surface area contributed by atoms with Crippen LogP contribution in [-0.4, -0.2) is 9.97 Å². The van der Waals surface area contributed by atoms with Gasteiger partial charge < -0.3 is 9.97 Å². The van der Waals surface area contributed by atoms with Gasteiger partial charge in [0.1, 0.15) is 0 Å². The largest absolute Gasteiger partial charge is 0.361 e. The van der Waals surface area contributed by atoms with Crippen LogP contribution in [0.4, 0.5) is 0 Å². The molecule has 0 bridgehead atoms. The SMILES string of the molecule is N#Cc1ccc2[nH]cc(-c3c(-c4c[nH]c5ccccc45)c(=O)c3=O)c2c1. The Morgan fingerprint density at radius 1 is 0.769 bits per heavy atom. The first-order chi connectivity index (χ1) is 12.7. The Kier molecular flexibility index (Phi) is 2.80. The maximum absolute atomic E-state index is 12.4. The molecule has 0 saturated carbocycles. The lowest BCUT2D eigenvalue weighted by Gasteiger charge is -2.10. The molecule has 0 unspecified atom stereocenters. The van der Waals surface area contributed by atoms with Crippen molar-refractivity contribution in [2.45, 2.75) is 0 Å². The smallest absolute Gasteiger partial charge is 0.235 e. The lowest BCUT2D eigenvalue weighted by atomic mass is 9.89. The van der Waals surface area contributed by atoms with Crippen LogP contribution < -0.4 is 10.9 Å². The Hall–Kier alpha value is -3.91. The van der Waals surface area contributed by atoms with Crippen LogP contribution in [0.25, 0.3) is 44.1 Å². The van der Waals surface area contributed by atoms with Crippen LogP contribution in [-0.2, 0) is 0 Å². The predicted molar refractivity (Wildman–Crippen MR) is 101 cm³/mol. The lowest BCUT2D eigenvalue weighted by molar-refractivity contribution is 1.39.